The molecule has 0 saturated carbocycles. The van der Waals surface area contributed by atoms with Gasteiger partial charge in [-0.2, -0.15) is 0 Å². The van der Waals surface area contributed by atoms with E-state index in [-0.39, 0.29) is 5.91 Å². The summed E-state index contributed by atoms with van der Waals surface area (Å²) in [7, 11) is 0. The number of hydrogen-bond donors (Lipinski definition) is 1. The largest absolute Gasteiger partial charge is 0.353 e. The van der Waals surface area contributed by atoms with Crippen LogP contribution in [0.4, 0.5) is 0 Å². The summed E-state index contributed by atoms with van der Waals surface area (Å²) in [6, 6.07) is 4.04. The van der Waals surface area contributed by atoms with Crippen molar-refractivity contribution in [1.29, 1.82) is 0 Å². The average molecular weight is 181 g/mol. The van der Waals surface area contributed by atoms with Crippen molar-refractivity contribution in [2.45, 2.75) is 6.92 Å². The van der Waals surface area contributed by atoms with Gasteiger partial charge in [0.1, 0.15) is 0 Å². The zero-order valence-electron chi connectivity index (χ0n) is 6.91. The van der Waals surface area contributed by atoms with Gasteiger partial charge in [0, 0.05) is 18.3 Å². The van der Waals surface area contributed by atoms with E-state index < -0.39 is 0 Å². The molecule has 0 saturated heterocycles. The van der Waals surface area contributed by atoms with Crippen molar-refractivity contribution < 1.29 is 4.79 Å². The second-order valence-electron chi connectivity index (χ2n) is 2.35. The maximum atomic E-state index is 10.5. The highest BCUT2D eigenvalue weighted by atomic mass is 32.1. The number of thiophene rings is 1. The molecule has 1 amide bonds. The van der Waals surface area contributed by atoms with E-state index >= 15 is 0 Å². The van der Waals surface area contributed by atoms with E-state index in [0.29, 0.717) is 6.54 Å². The Morgan fingerprint density at radius 3 is 3.17 bits per heavy atom. The molecule has 2 nitrogen and oxygen atoms in total. The van der Waals surface area contributed by atoms with Crippen molar-refractivity contribution in [3.8, 4) is 0 Å². The first-order valence-electron chi connectivity index (χ1n) is 3.73. The molecule has 12 heavy (non-hydrogen) atoms. The summed E-state index contributed by atoms with van der Waals surface area (Å²) in [6.45, 7) is 2.12. The van der Waals surface area contributed by atoms with Gasteiger partial charge in [0.15, 0.2) is 0 Å². The number of carbonyl (C=O) groups is 1. The molecule has 0 radical (unpaired) electrons. The average Bonchev–Trinajstić information content (AvgIpc) is 2.49. The molecule has 1 aromatic heterocycles. The Morgan fingerprint density at radius 2 is 2.58 bits per heavy atom. The first-order valence-corrected chi connectivity index (χ1v) is 4.61. The van der Waals surface area contributed by atoms with Crippen molar-refractivity contribution in [3.05, 3.63) is 28.5 Å². The normalized spacial score (nSPS) is 10.4. The fraction of sp³-hybridized carbons (Fsp3) is 0.222. The predicted molar refractivity (Wildman–Crippen MR) is 52.0 cm³/mol. The highest BCUT2D eigenvalue weighted by molar-refractivity contribution is 7.10. The third-order valence-corrected chi connectivity index (χ3v) is 2.13. The monoisotopic (exact) mass is 181 g/mol. The molecule has 0 spiro atoms. The van der Waals surface area contributed by atoms with Gasteiger partial charge >= 0.3 is 0 Å². The van der Waals surface area contributed by atoms with E-state index in [1.54, 1.807) is 11.3 Å². The topological polar surface area (TPSA) is 29.1 Å². The molecular weight excluding hydrogens is 170 g/mol. The Balaban J connectivity index is 2.27. The second-order valence-corrected chi connectivity index (χ2v) is 3.33. The summed E-state index contributed by atoms with van der Waals surface area (Å²) in [5.41, 5.74) is 0. The molecule has 3 heteroatoms. The summed E-state index contributed by atoms with van der Waals surface area (Å²) in [6.07, 6.45) is 3.94. The zero-order valence-corrected chi connectivity index (χ0v) is 7.73. The van der Waals surface area contributed by atoms with Crippen molar-refractivity contribution in [3.63, 3.8) is 0 Å². The van der Waals surface area contributed by atoms with Crippen LogP contribution in [0.25, 0.3) is 6.08 Å². The molecule has 0 aliphatic carbocycles. The SMILES string of the molecule is CC(=O)NCC=Cc1cccs1. The number of amides is 1. The van der Waals surface area contributed by atoms with Gasteiger partial charge in [-0.25, -0.2) is 0 Å². The summed E-state index contributed by atoms with van der Waals surface area (Å²) in [5.74, 6) is 0.00540. The fourth-order valence-electron chi connectivity index (χ4n) is 0.764. The molecule has 0 unspecified atom stereocenters. The molecule has 64 valence electrons. The lowest BCUT2D eigenvalue weighted by molar-refractivity contribution is -0.118. The summed E-state index contributed by atoms with van der Waals surface area (Å²) in [5, 5.41) is 4.71. The molecule has 0 atom stereocenters. The third kappa shape index (κ3) is 3.34. The van der Waals surface area contributed by atoms with E-state index in [9.17, 15) is 4.79 Å². The van der Waals surface area contributed by atoms with E-state index in [0.717, 1.165) is 0 Å². The maximum Gasteiger partial charge on any atom is 0.217 e. The standard InChI is InChI=1S/C9H11NOS/c1-8(11)10-6-2-4-9-5-3-7-12-9/h2-5,7H,6H2,1H3,(H,10,11). The van der Waals surface area contributed by atoms with Crippen LogP contribution in [0.2, 0.25) is 0 Å². The van der Waals surface area contributed by atoms with Crippen LogP contribution in [0.15, 0.2) is 23.6 Å². The predicted octanol–water partition coefficient (Wildman–Crippen LogP) is 1.90. The number of hydrogen-bond acceptors (Lipinski definition) is 2. The lowest BCUT2D eigenvalue weighted by atomic mass is 10.4. The third-order valence-electron chi connectivity index (χ3n) is 1.29. The molecule has 1 rings (SSSR count). The Kier molecular flexibility index (Phi) is 3.54. The second kappa shape index (κ2) is 4.72. The molecule has 1 N–H and O–H groups in total. The first-order chi connectivity index (χ1) is 5.79. The van der Waals surface area contributed by atoms with E-state index in [2.05, 4.69) is 5.32 Å². The minimum absolute atomic E-state index is 0.00540. The molecule has 0 aromatic carbocycles. The fourth-order valence-corrected chi connectivity index (χ4v) is 1.41. The van der Waals surface area contributed by atoms with E-state index in [1.807, 2.05) is 29.7 Å². The van der Waals surface area contributed by atoms with Crippen LogP contribution in [-0.4, -0.2) is 12.5 Å². The van der Waals surface area contributed by atoms with E-state index in [4.69, 9.17) is 0 Å². The highest BCUT2D eigenvalue weighted by Gasteiger charge is 1.86. The van der Waals surface area contributed by atoms with Crippen LogP contribution < -0.4 is 5.32 Å². The Morgan fingerprint density at radius 1 is 1.75 bits per heavy atom. The van der Waals surface area contributed by atoms with Crippen LogP contribution in [0.1, 0.15) is 11.8 Å². The van der Waals surface area contributed by atoms with Crippen molar-refractivity contribution in [1.82, 2.24) is 5.32 Å². The van der Waals surface area contributed by atoms with Crippen LogP contribution in [0, 0.1) is 0 Å². The number of nitrogens with one attached hydrogen (secondary N) is 1. The smallest absolute Gasteiger partial charge is 0.217 e. The van der Waals surface area contributed by atoms with Crippen molar-refractivity contribution in [2.75, 3.05) is 6.54 Å². The van der Waals surface area contributed by atoms with Gasteiger partial charge < -0.3 is 5.32 Å². The van der Waals surface area contributed by atoms with Crippen LogP contribution >= 0.6 is 11.3 Å². The molecule has 0 aliphatic heterocycles. The minimum atomic E-state index is 0.00540. The molecule has 0 aliphatic rings. The van der Waals surface area contributed by atoms with Crippen LogP contribution in [-0.2, 0) is 4.79 Å². The first kappa shape index (κ1) is 9.00. The molecule has 0 bridgehead atoms. The van der Waals surface area contributed by atoms with Crippen LogP contribution in [0.5, 0.6) is 0 Å². The maximum absolute atomic E-state index is 10.5. The molecule has 1 heterocycles. The van der Waals surface area contributed by atoms with Crippen LogP contribution in [0.3, 0.4) is 0 Å². The Labute approximate surface area is 75.9 Å². The molecule has 0 fully saturated rings. The summed E-state index contributed by atoms with van der Waals surface area (Å²) < 4.78 is 0. The van der Waals surface area contributed by atoms with Crippen molar-refractivity contribution in [2.24, 2.45) is 0 Å². The van der Waals surface area contributed by atoms with Gasteiger partial charge in [0.2, 0.25) is 5.91 Å². The molecule has 1 aromatic rings. The summed E-state index contributed by atoms with van der Waals surface area (Å²) >= 11 is 1.68. The van der Waals surface area contributed by atoms with Gasteiger partial charge in [-0.3, -0.25) is 4.79 Å². The van der Waals surface area contributed by atoms with Gasteiger partial charge in [-0.05, 0) is 17.5 Å². The van der Waals surface area contributed by atoms with Gasteiger partial charge in [0.05, 0.1) is 0 Å². The lowest BCUT2D eigenvalue weighted by Gasteiger charge is -1.93. The van der Waals surface area contributed by atoms with E-state index in [1.165, 1.54) is 11.8 Å². The quantitative estimate of drug-likeness (QED) is 0.758. The molecular formula is C9H11NOS. The highest BCUT2D eigenvalue weighted by Crippen LogP contribution is 2.09. The zero-order chi connectivity index (χ0) is 8.81. The number of rotatable bonds is 3. The van der Waals surface area contributed by atoms with Gasteiger partial charge in [0.25, 0.3) is 0 Å². The lowest BCUT2D eigenvalue weighted by Crippen LogP contribution is -2.19. The minimum Gasteiger partial charge on any atom is -0.353 e. The summed E-state index contributed by atoms with van der Waals surface area (Å²) in [4.78, 5) is 11.7. The Bertz CT molecular complexity index is 264. The van der Waals surface area contributed by atoms with Crippen molar-refractivity contribution >= 4 is 23.3 Å². The van der Waals surface area contributed by atoms with Gasteiger partial charge in [-0.1, -0.05) is 12.1 Å². The van der Waals surface area contributed by atoms with Gasteiger partial charge in [-0.15, -0.1) is 11.3 Å². The Hall–Kier alpha value is -1.09. The number of carbonyl (C=O) groups excluding carboxylic acids is 1.